The molecule has 8 heteroatoms. The number of aromatic carboxylic acids is 1. The number of rotatable bonds is 6. The number of carbonyl (C=O) groups excluding carboxylic acids is 1. The first-order valence-electron chi connectivity index (χ1n) is 7.79. The van der Waals surface area contributed by atoms with Crippen LogP contribution in [0.2, 0.25) is 0 Å². The minimum Gasteiger partial charge on any atom is -0.478 e. The Morgan fingerprint density at radius 2 is 2.12 bits per heavy atom. The molecule has 0 radical (unpaired) electrons. The molecule has 8 nitrogen and oxygen atoms in total. The van der Waals surface area contributed by atoms with Crippen LogP contribution in [-0.2, 0) is 0 Å². The van der Waals surface area contributed by atoms with Crippen LogP contribution in [0.5, 0.6) is 0 Å². The van der Waals surface area contributed by atoms with Crippen molar-refractivity contribution in [3.63, 3.8) is 0 Å². The van der Waals surface area contributed by atoms with Crippen LogP contribution in [-0.4, -0.2) is 32.1 Å². The molecule has 0 aliphatic heterocycles. The van der Waals surface area contributed by atoms with Crippen LogP contribution in [0.3, 0.4) is 0 Å². The predicted octanol–water partition coefficient (Wildman–Crippen LogP) is 2.17. The molecule has 3 rings (SSSR count). The molecule has 1 saturated carbocycles. The molecule has 1 fully saturated rings. The number of carbonyl (C=O) groups is 2. The number of carboxylic acids is 1. The molecule has 126 valence electrons. The van der Waals surface area contributed by atoms with Crippen molar-refractivity contribution in [3.8, 4) is 0 Å². The lowest BCUT2D eigenvalue weighted by Crippen LogP contribution is -2.32. The zero-order valence-electron chi connectivity index (χ0n) is 13.4. The lowest BCUT2D eigenvalue weighted by Gasteiger charge is -2.18. The monoisotopic (exact) mass is 330 g/mol. The average molecular weight is 330 g/mol. The van der Waals surface area contributed by atoms with Gasteiger partial charge in [-0.2, -0.15) is 4.98 Å². The van der Waals surface area contributed by atoms with Crippen molar-refractivity contribution in [1.82, 2.24) is 20.4 Å². The maximum Gasteiger partial charge on any atom is 0.335 e. The lowest BCUT2D eigenvalue weighted by atomic mass is 10.0. The minimum absolute atomic E-state index is 0.00468. The Hall–Kier alpha value is -2.77. The van der Waals surface area contributed by atoms with Gasteiger partial charge in [-0.3, -0.25) is 9.78 Å². The van der Waals surface area contributed by atoms with Crippen molar-refractivity contribution in [3.05, 3.63) is 41.3 Å². The van der Waals surface area contributed by atoms with Crippen LogP contribution in [0.4, 0.5) is 0 Å². The number of nitrogens with zero attached hydrogens (tertiary/aromatic N) is 3. The Morgan fingerprint density at radius 1 is 1.38 bits per heavy atom. The molecule has 0 bridgehead atoms. The van der Waals surface area contributed by atoms with E-state index in [9.17, 15) is 9.59 Å². The Morgan fingerprint density at radius 3 is 2.75 bits per heavy atom. The summed E-state index contributed by atoms with van der Waals surface area (Å²) in [6.07, 6.45) is 3.41. The van der Waals surface area contributed by atoms with Crippen LogP contribution in [0.15, 0.2) is 22.9 Å². The van der Waals surface area contributed by atoms with Gasteiger partial charge in [0.15, 0.2) is 5.82 Å². The molecule has 1 amide bonds. The van der Waals surface area contributed by atoms with Gasteiger partial charge in [-0.15, -0.1) is 0 Å². The first-order chi connectivity index (χ1) is 11.5. The molecule has 2 aromatic rings. The van der Waals surface area contributed by atoms with Crippen LogP contribution in [0.1, 0.15) is 71.2 Å². The van der Waals surface area contributed by atoms with Gasteiger partial charge in [0.2, 0.25) is 5.89 Å². The molecule has 1 atom stereocenters. The summed E-state index contributed by atoms with van der Waals surface area (Å²) >= 11 is 0. The fourth-order valence-electron chi connectivity index (χ4n) is 2.30. The molecule has 0 spiro atoms. The van der Waals surface area contributed by atoms with E-state index in [1.54, 1.807) is 0 Å². The molecular formula is C16H18N4O4. The molecule has 0 aromatic carbocycles. The van der Waals surface area contributed by atoms with E-state index in [2.05, 4.69) is 20.4 Å². The highest BCUT2D eigenvalue weighted by molar-refractivity contribution is 5.95. The second-order valence-electron chi connectivity index (χ2n) is 6.20. The second kappa shape index (κ2) is 6.38. The summed E-state index contributed by atoms with van der Waals surface area (Å²) in [6, 6.07) is 2.10. The number of nitrogens with one attached hydrogen (secondary N) is 1. The standard InChI is InChI=1S/C16H18N4O4/c1-8(2)12(15-19-13(20-24-15)9-3-4-9)18-14(21)11-7-10(16(22)23)5-6-17-11/h5-9,12H,3-4H2,1-2H3,(H,18,21)(H,22,23). The third kappa shape index (κ3) is 3.42. The third-order valence-electron chi connectivity index (χ3n) is 3.86. The Kier molecular flexibility index (Phi) is 4.28. The van der Waals surface area contributed by atoms with Crippen molar-refractivity contribution < 1.29 is 19.2 Å². The molecule has 2 heterocycles. The van der Waals surface area contributed by atoms with E-state index in [0.717, 1.165) is 12.8 Å². The zero-order chi connectivity index (χ0) is 17.3. The van der Waals surface area contributed by atoms with Crippen LogP contribution < -0.4 is 5.32 Å². The van der Waals surface area contributed by atoms with Crippen molar-refractivity contribution in [1.29, 1.82) is 0 Å². The molecule has 1 unspecified atom stereocenters. The molecule has 1 aliphatic carbocycles. The maximum atomic E-state index is 12.4. The molecule has 2 aromatic heterocycles. The molecule has 1 aliphatic rings. The minimum atomic E-state index is -1.11. The van der Waals surface area contributed by atoms with Gasteiger partial charge in [0.05, 0.1) is 5.56 Å². The topological polar surface area (TPSA) is 118 Å². The highest BCUT2D eigenvalue weighted by atomic mass is 16.5. The lowest BCUT2D eigenvalue weighted by molar-refractivity contribution is 0.0696. The van der Waals surface area contributed by atoms with E-state index in [1.165, 1.54) is 18.3 Å². The van der Waals surface area contributed by atoms with Gasteiger partial charge in [0, 0.05) is 12.1 Å². The number of hydrogen-bond acceptors (Lipinski definition) is 6. The number of hydrogen-bond donors (Lipinski definition) is 2. The Bertz CT molecular complexity index is 767. The predicted molar refractivity (Wildman–Crippen MR) is 82.5 cm³/mol. The highest BCUT2D eigenvalue weighted by Gasteiger charge is 2.31. The average Bonchev–Trinajstić information content (AvgIpc) is 3.30. The summed E-state index contributed by atoms with van der Waals surface area (Å²) in [4.78, 5) is 31.7. The smallest absolute Gasteiger partial charge is 0.335 e. The number of aromatic nitrogens is 3. The van der Waals surface area contributed by atoms with Gasteiger partial charge in [-0.25, -0.2) is 4.79 Å². The van der Waals surface area contributed by atoms with Crippen LogP contribution in [0.25, 0.3) is 0 Å². The molecule has 2 N–H and O–H groups in total. The first kappa shape index (κ1) is 16.1. The summed E-state index contributed by atoms with van der Waals surface area (Å²) in [5, 5.41) is 15.8. The van der Waals surface area contributed by atoms with Gasteiger partial charge in [-0.05, 0) is 30.9 Å². The maximum absolute atomic E-state index is 12.4. The summed E-state index contributed by atoms with van der Waals surface area (Å²) in [6.45, 7) is 3.85. The van der Waals surface area contributed by atoms with Gasteiger partial charge in [0.1, 0.15) is 11.7 Å². The molecule has 24 heavy (non-hydrogen) atoms. The fraction of sp³-hybridized carbons (Fsp3) is 0.438. The van der Waals surface area contributed by atoms with Crippen LogP contribution >= 0.6 is 0 Å². The van der Waals surface area contributed by atoms with E-state index in [4.69, 9.17) is 9.63 Å². The van der Waals surface area contributed by atoms with Gasteiger partial charge in [-0.1, -0.05) is 19.0 Å². The van der Waals surface area contributed by atoms with E-state index < -0.39 is 17.9 Å². The van der Waals surface area contributed by atoms with Crippen LogP contribution in [0, 0.1) is 5.92 Å². The summed E-state index contributed by atoms with van der Waals surface area (Å²) in [5.41, 5.74) is 0.0348. The number of amides is 1. The fourth-order valence-corrected chi connectivity index (χ4v) is 2.30. The van der Waals surface area contributed by atoms with Gasteiger partial charge in [0.25, 0.3) is 5.91 Å². The zero-order valence-corrected chi connectivity index (χ0v) is 13.4. The highest BCUT2D eigenvalue weighted by Crippen LogP contribution is 2.38. The summed E-state index contributed by atoms with van der Waals surface area (Å²) in [7, 11) is 0. The Balaban J connectivity index is 1.78. The SMILES string of the molecule is CC(C)C(NC(=O)c1cc(C(=O)O)ccn1)c1nc(C2CC2)no1. The molecular weight excluding hydrogens is 312 g/mol. The van der Waals surface area contributed by atoms with E-state index >= 15 is 0 Å². The van der Waals surface area contributed by atoms with Crippen molar-refractivity contribution in [2.45, 2.75) is 38.6 Å². The van der Waals surface area contributed by atoms with Crippen molar-refractivity contribution in [2.75, 3.05) is 0 Å². The summed E-state index contributed by atoms with van der Waals surface area (Å²) < 4.78 is 5.30. The third-order valence-corrected chi connectivity index (χ3v) is 3.86. The first-order valence-corrected chi connectivity index (χ1v) is 7.79. The Labute approximate surface area is 138 Å². The summed E-state index contributed by atoms with van der Waals surface area (Å²) in [5.74, 6) is -0.185. The number of pyridine rings is 1. The second-order valence-corrected chi connectivity index (χ2v) is 6.20. The van der Waals surface area contributed by atoms with Gasteiger partial charge < -0.3 is 14.9 Å². The molecule has 0 saturated heterocycles. The van der Waals surface area contributed by atoms with Crippen molar-refractivity contribution >= 4 is 11.9 Å². The largest absolute Gasteiger partial charge is 0.478 e. The van der Waals surface area contributed by atoms with E-state index in [0.29, 0.717) is 17.6 Å². The van der Waals surface area contributed by atoms with Gasteiger partial charge >= 0.3 is 5.97 Å². The van der Waals surface area contributed by atoms with Crippen molar-refractivity contribution in [2.24, 2.45) is 5.92 Å². The quantitative estimate of drug-likeness (QED) is 0.833. The number of carboxylic acid groups (broad SMARTS) is 1. The van der Waals surface area contributed by atoms with E-state index in [1.807, 2.05) is 13.8 Å². The van der Waals surface area contributed by atoms with E-state index in [-0.39, 0.29) is 17.2 Å². The normalized spacial score (nSPS) is 15.3.